The maximum atomic E-state index is 10.8. The van der Waals surface area contributed by atoms with Gasteiger partial charge >= 0.3 is 5.97 Å². The Balaban J connectivity index is 1.85. The van der Waals surface area contributed by atoms with Gasteiger partial charge in [0.25, 0.3) is 0 Å². The predicted octanol–water partition coefficient (Wildman–Crippen LogP) is 2.00. The lowest BCUT2D eigenvalue weighted by molar-refractivity contribution is -0.170. The molecule has 1 aromatic rings. The van der Waals surface area contributed by atoms with Crippen LogP contribution in [0.1, 0.15) is 0 Å². The SMILES string of the molecule is O=C1OCC1COc1ccc(Br)cc1. The summed E-state index contributed by atoms with van der Waals surface area (Å²) >= 11 is 3.33. The largest absolute Gasteiger partial charge is 0.493 e. The second kappa shape index (κ2) is 4.00. The third-order valence-corrected chi connectivity index (χ3v) is 2.55. The fourth-order valence-corrected chi connectivity index (χ4v) is 1.38. The smallest absolute Gasteiger partial charge is 0.315 e. The number of benzene rings is 1. The molecule has 3 nitrogen and oxygen atoms in total. The van der Waals surface area contributed by atoms with E-state index in [9.17, 15) is 4.79 Å². The lowest BCUT2D eigenvalue weighted by Gasteiger charge is -2.24. The summed E-state index contributed by atoms with van der Waals surface area (Å²) in [4.78, 5) is 10.8. The zero-order valence-electron chi connectivity index (χ0n) is 7.40. The van der Waals surface area contributed by atoms with Gasteiger partial charge in [-0.25, -0.2) is 0 Å². The fourth-order valence-electron chi connectivity index (χ4n) is 1.11. The van der Waals surface area contributed by atoms with Gasteiger partial charge in [0, 0.05) is 4.47 Å². The van der Waals surface area contributed by atoms with E-state index in [1.54, 1.807) is 0 Å². The second-order valence-electron chi connectivity index (χ2n) is 3.09. The van der Waals surface area contributed by atoms with Crippen molar-refractivity contribution < 1.29 is 14.3 Å². The molecule has 1 fully saturated rings. The van der Waals surface area contributed by atoms with Gasteiger partial charge in [-0.2, -0.15) is 0 Å². The monoisotopic (exact) mass is 256 g/mol. The summed E-state index contributed by atoms with van der Waals surface area (Å²) in [5.41, 5.74) is 0. The van der Waals surface area contributed by atoms with Crippen LogP contribution in [-0.4, -0.2) is 19.2 Å². The zero-order chi connectivity index (χ0) is 9.97. The molecule has 0 aliphatic carbocycles. The molecular weight excluding hydrogens is 248 g/mol. The molecule has 0 spiro atoms. The normalized spacial score (nSPS) is 19.8. The van der Waals surface area contributed by atoms with E-state index in [2.05, 4.69) is 20.7 Å². The molecule has 0 bridgehead atoms. The van der Waals surface area contributed by atoms with E-state index in [4.69, 9.17) is 4.74 Å². The number of rotatable bonds is 3. The molecule has 2 rings (SSSR count). The number of esters is 1. The Morgan fingerprint density at radius 1 is 1.43 bits per heavy atom. The summed E-state index contributed by atoms with van der Waals surface area (Å²) in [6.07, 6.45) is 0. The highest BCUT2D eigenvalue weighted by Gasteiger charge is 2.31. The molecule has 1 saturated heterocycles. The first-order chi connectivity index (χ1) is 6.75. The number of carbonyl (C=O) groups excluding carboxylic acids is 1. The molecule has 1 aliphatic rings. The molecule has 4 heteroatoms. The van der Waals surface area contributed by atoms with E-state index in [-0.39, 0.29) is 11.9 Å². The summed E-state index contributed by atoms with van der Waals surface area (Å²) in [7, 11) is 0. The van der Waals surface area contributed by atoms with Crippen molar-refractivity contribution in [3.05, 3.63) is 28.7 Å². The Labute approximate surface area is 90.1 Å². The third-order valence-electron chi connectivity index (χ3n) is 2.02. The highest BCUT2D eigenvalue weighted by molar-refractivity contribution is 9.10. The quantitative estimate of drug-likeness (QED) is 0.777. The van der Waals surface area contributed by atoms with E-state index in [1.165, 1.54) is 0 Å². The molecule has 1 atom stereocenters. The van der Waals surface area contributed by atoms with Gasteiger partial charge < -0.3 is 9.47 Å². The minimum atomic E-state index is -0.165. The Hall–Kier alpha value is -1.03. The van der Waals surface area contributed by atoms with Crippen molar-refractivity contribution in [2.45, 2.75) is 0 Å². The first kappa shape index (κ1) is 9.52. The lowest BCUT2D eigenvalue weighted by Crippen LogP contribution is -2.38. The van der Waals surface area contributed by atoms with Crippen molar-refractivity contribution in [1.29, 1.82) is 0 Å². The number of hydrogen-bond acceptors (Lipinski definition) is 3. The number of cyclic esters (lactones) is 1. The fraction of sp³-hybridized carbons (Fsp3) is 0.300. The van der Waals surface area contributed by atoms with Crippen LogP contribution in [0, 0.1) is 5.92 Å². The van der Waals surface area contributed by atoms with Gasteiger partial charge in [0.2, 0.25) is 0 Å². The van der Waals surface area contributed by atoms with E-state index in [1.807, 2.05) is 24.3 Å². The minimum absolute atomic E-state index is 0.0846. The maximum Gasteiger partial charge on any atom is 0.315 e. The first-order valence-electron chi connectivity index (χ1n) is 4.31. The van der Waals surface area contributed by atoms with Gasteiger partial charge in [-0.3, -0.25) is 4.79 Å². The molecule has 0 radical (unpaired) electrons. The van der Waals surface area contributed by atoms with Crippen molar-refractivity contribution >= 4 is 21.9 Å². The number of carbonyl (C=O) groups is 1. The molecule has 1 unspecified atom stereocenters. The summed E-state index contributed by atoms with van der Waals surface area (Å²) in [6, 6.07) is 7.50. The molecule has 1 heterocycles. The number of hydrogen-bond donors (Lipinski definition) is 0. The van der Waals surface area contributed by atoms with Crippen LogP contribution >= 0.6 is 15.9 Å². The van der Waals surface area contributed by atoms with E-state index in [0.29, 0.717) is 13.2 Å². The van der Waals surface area contributed by atoms with Crippen LogP contribution in [0.3, 0.4) is 0 Å². The van der Waals surface area contributed by atoms with Gasteiger partial charge in [-0.15, -0.1) is 0 Å². The number of ether oxygens (including phenoxy) is 2. The topological polar surface area (TPSA) is 35.5 Å². The lowest BCUT2D eigenvalue weighted by atomic mass is 10.1. The van der Waals surface area contributed by atoms with Crippen molar-refractivity contribution in [3.8, 4) is 5.75 Å². The van der Waals surface area contributed by atoms with E-state index in [0.717, 1.165) is 10.2 Å². The third kappa shape index (κ3) is 2.07. The molecule has 1 aliphatic heterocycles. The van der Waals surface area contributed by atoms with Gasteiger partial charge in [0.05, 0.1) is 0 Å². The summed E-state index contributed by atoms with van der Waals surface area (Å²) in [5, 5.41) is 0. The van der Waals surface area contributed by atoms with Gasteiger partial charge in [-0.1, -0.05) is 15.9 Å². The highest BCUT2D eigenvalue weighted by atomic mass is 79.9. The second-order valence-corrected chi connectivity index (χ2v) is 4.01. The molecule has 0 aromatic heterocycles. The highest BCUT2D eigenvalue weighted by Crippen LogP contribution is 2.18. The average molecular weight is 257 g/mol. The average Bonchev–Trinajstić information content (AvgIpc) is 2.19. The minimum Gasteiger partial charge on any atom is -0.493 e. The molecule has 0 N–H and O–H groups in total. The zero-order valence-corrected chi connectivity index (χ0v) is 8.99. The molecule has 0 amide bonds. The Kier molecular flexibility index (Phi) is 2.72. The predicted molar refractivity (Wildman–Crippen MR) is 54.1 cm³/mol. The summed E-state index contributed by atoms with van der Waals surface area (Å²) in [5.74, 6) is 0.522. The summed E-state index contributed by atoms with van der Waals surface area (Å²) in [6.45, 7) is 0.885. The van der Waals surface area contributed by atoms with Crippen molar-refractivity contribution in [2.75, 3.05) is 13.2 Å². The summed E-state index contributed by atoms with van der Waals surface area (Å²) < 4.78 is 11.0. The number of halogens is 1. The molecule has 74 valence electrons. The van der Waals surface area contributed by atoms with Crippen molar-refractivity contribution in [2.24, 2.45) is 5.92 Å². The van der Waals surface area contributed by atoms with Crippen LogP contribution in [-0.2, 0) is 9.53 Å². The van der Waals surface area contributed by atoms with E-state index < -0.39 is 0 Å². The molecule has 1 aromatic carbocycles. The van der Waals surface area contributed by atoms with Crippen LogP contribution in [0.25, 0.3) is 0 Å². The van der Waals surface area contributed by atoms with Crippen LogP contribution in [0.15, 0.2) is 28.7 Å². The molecule has 14 heavy (non-hydrogen) atoms. The Morgan fingerprint density at radius 3 is 2.64 bits per heavy atom. The van der Waals surface area contributed by atoms with Crippen molar-refractivity contribution in [1.82, 2.24) is 0 Å². The molecule has 0 saturated carbocycles. The van der Waals surface area contributed by atoms with Gasteiger partial charge in [-0.05, 0) is 24.3 Å². The molecular formula is C10H9BrO3. The first-order valence-corrected chi connectivity index (χ1v) is 5.10. The van der Waals surface area contributed by atoms with Gasteiger partial charge in [0.1, 0.15) is 24.9 Å². The van der Waals surface area contributed by atoms with E-state index >= 15 is 0 Å². The van der Waals surface area contributed by atoms with Crippen molar-refractivity contribution in [3.63, 3.8) is 0 Å². The Bertz CT molecular complexity index is 334. The maximum absolute atomic E-state index is 10.8. The van der Waals surface area contributed by atoms with Crippen LogP contribution < -0.4 is 4.74 Å². The van der Waals surface area contributed by atoms with Gasteiger partial charge in [0.15, 0.2) is 0 Å². The Morgan fingerprint density at radius 2 is 2.14 bits per heavy atom. The van der Waals surface area contributed by atoms with Crippen LogP contribution in [0.5, 0.6) is 5.75 Å². The standard InChI is InChI=1S/C10H9BrO3/c11-8-1-3-9(4-2-8)13-5-7-6-14-10(7)12/h1-4,7H,5-6H2. The van der Waals surface area contributed by atoms with Crippen LogP contribution in [0.2, 0.25) is 0 Å². The van der Waals surface area contributed by atoms with Crippen LogP contribution in [0.4, 0.5) is 0 Å².